The first-order valence-electron chi connectivity index (χ1n) is 10.1. The Morgan fingerprint density at radius 2 is 1.97 bits per heavy atom. The number of hydrogen-bond acceptors (Lipinski definition) is 7. The largest absolute Gasteiger partial charge is 0.480 e. The Morgan fingerprint density at radius 3 is 2.70 bits per heavy atom. The molecule has 0 amide bonds. The van der Waals surface area contributed by atoms with Gasteiger partial charge in [0.1, 0.15) is 12.4 Å². The number of aromatic nitrogens is 3. The summed E-state index contributed by atoms with van der Waals surface area (Å²) in [7, 11) is 1.66. The van der Waals surface area contributed by atoms with Gasteiger partial charge in [-0.2, -0.15) is 4.98 Å². The fourth-order valence-electron chi connectivity index (χ4n) is 3.45. The van der Waals surface area contributed by atoms with Gasteiger partial charge < -0.3 is 19.7 Å². The second-order valence-corrected chi connectivity index (χ2v) is 7.75. The minimum absolute atomic E-state index is 0.255. The molecule has 0 spiro atoms. The van der Waals surface area contributed by atoms with Crippen molar-refractivity contribution in [1.29, 1.82) is 0 Å². The molecule has 8 nitrogen and oxygen atoms in total. The summed E-state index contributed by atoms with van der Waals surface area (Å²) in [4.78, 5) is 19.4. The van der Waals surface area contributed by atoms with E-state index >= 15 is 0 Å². The molecule has 0 saturated heterocycles. The number of pyridine rings is 1. The summed E-state index contributed by atoms with van der Waals surface area (Å²) in [5.41, 5.74) is 5.70. The Morgan fingerprint density at radius 1 is 1.15 bits per heavy atom. The van der Waals surface area contributed by atoms with Gasteiger partial charge in [0.25, 0.3) is 5.89 Å². The van der Waals surface area contributed by atoms with Crippen molar-refractivity contribution in [2.75, 3.05) is 19.0 Å². The molecule has 0 unspecified atom stereocenters. The Labute approximate surface area is 195 Å². The Hall–Kier alpha value is -3.75. The fourth-order valence-corrected chi connectivity index (χ4v) is 3.68. The van der Waals surface area contributed by atoms with Crippen LogP contribution in [0.4, 0.5) is 5.82 Å². The third-order valence-electron chi connectivity index (χ3n) is 5.02. The predicted octanol–water partition coefficient (Wildman–Crippen LogP) is 5.07. The van der Waals surface area contributed by atoms with Gasteiger partial charge in [-0.05, 0) is 47.4 Å². The summed E-state index contributed by atoms with van der Waals surface area (Å²) in [6.07, 6.45) is 1.50. The number of benzene rings is 2. The van der Waals surface area contributed by atoms with E-state index in [4.69, 9.17) is 26.0 Å². The van der Waals surface area contributed by atoms with Gasteiger partial charge in [-0.25, -0.2) is 4.98 Å². The predicted molar refractivity (Wildman–Crippen MR) is 125 cm³/mol. The number of aryl methyl sites for hydroxylation is 1. The van der Waals surface area contributed by atoms with Gasteiger partial charge in [0.15, 0.2) is 0 Å². The number of carbonyl (C=O) groups is 1. The van der Waals surface area contributed by atoms with Crippen LogP contribution in [0.2, 0.25) is 5.02 Å². The maximum Gasteiger partial charge on any atom is 0.322 e. The highest BCUT2D eigenvalue weighted by molar-refractivity contribution is 6.33. The van der Waals surface area contributed by atoms with Gasteiger partial charge in [-0.3, -0.25) is 4.79 Å². The van der Waals surface area contributed by atoms with Crippen LogP contribution in [0, 0.1) is 6.92 Å². The van der Waals surface area contributed by atoms with Crippen molar-refractivity contribution in [2.24, 2.45) is 0 Å². The molecule has 0 aliphatic carbocycles. The first kappa shape index (κ1) is 22.4. The molecular formula is C24H21ClN4O4. The molecule has 0 saturated carbocycles. The third-order valence-corrected chi connectivity index (χ3v) is 5.31. The molecule has 33 heavy (non-hydrogen) atoms. The molecule has 0 aliphatic rings. The van der Waals surface area contributed by atoms with E-state index in [0.717, 1.165) is 22.3 Å². The number of ether oxygens (including phenoxy) is 1. The van der Waals surface area contributed by atoms with Crippen LogP contribution < -0.4 is 5.32 Å². The summed E-state index contributed by atoms with van der Waals surface area (Å²) in [5, 5.41) is 15.7. The van der Waals surface area contributed by atoms with E-state index in [1.54, 1.807) is 13.2 Å². The fraction of sp³-hybridized carbons (Fsp3) is 0.167. The highest BCUT2D eigenvalue weighted by Crippen LogP contribution is 2.32. The van der Waals surface area contributed by atoms with Crippen LogP contribution in [0.5, 0.6) is 0 Å². The van der Waals surface area contributed by atoms with Gasteiger partial charge in [0.2, 0.25) is 5.82 Å². The lowest BCUT2D eigenvalue weighted by Crippen LogP contribution is -2.13. The number of hydrogen-bond donors (Lipinski definition) is 2. The molecule has 0 bridgehead atoms. The van der Waals surface area contributed by atoms with Crippen molar-refractivity contribution in [1.82, 2.24) is 15.1 Å². The van der Waals surface area contributed by atoms with E-state index in [-0.39, 0.29) is 17.4 Å². The zero-order valence-corrected chi connectivity index (χ0v) is 18.8. The van der Waals surface area contributed by atoms with Gasteiger partial charge in [0, 0.05) is 24.4 Å². The maximum absolute atomic E-state index is 10.7. The summed E-state index contributed by atoms with van der Waals surface area (Å²) in [5.74, 6) is -0.0769. The summed E-state index contributed by atoms with van der Waals surface area (Å²) in [6, 6.07) is 15.7. The highest BCUT2D eigenvalue weighted by atomic mass is 35.5. The van der Waals surface area contributed by atoms with Crippen LogP contribution in [0.3, 0.4) is 0 Å². The van der Waals surface area contributed by atoms with Crippen molar-refractivity contribution in [2.45, 2.75) is 13.5 Å². The molecule has 0 atom stereocenters. The second-order valence-electron chi connectivity index (χ2n) is 7.34. The van der Waals surface area contributed by atoms with Crippen molar-refractivity contribution in [3.8, 4) is 34.0 Å². The molecule has 4 rings (SSSR count). The van der Waals surface area contributed by atoms with E-state index in [2.05, 4.69) is 39.5 Å². The zero-order chi connectivity index (χ0) is 23.4. The number of rotatable bonds is 8. The lowest BCUT2D eigenvalue weighted by molar-refractivity contribution is -0.134. The van der Waals surface area contributed by atoms with E-state index in [9.17, 15) is 4.79 Å². The molecule has 4 aromatic rings. The molecule has 2 N–H and O–H groups in total. The number of nitrogens with zero attached hydrogens (tertiary/aromatic N) is 3. The lowest BCUT2D eigenvalue weighted by Gasteiger charge is -2.12. The molecule has 0 radical (unpaired) electrons. The number of anilines is 1. The molecule has 0 aliphatic heterocycles. The van der Waals surface area contributed by atoms with Crippen LogP contribution in [0.15, 0.2) is 59.3 Å². The van der Waals surface area contributed by atoms with Crippen LogP contribution in [-0.2, 0) is 16.1 Å². The highest BCUT2D eigenvalue weighted by Gasteiger charge is 2.16. The number of methoxy groups -OCH3 is 1. The summed E-state index contributed by atoms with van der Waals surface area (Å²) < 4.78 is 10.9. The van der Waals surface area contributed by atoms with Gasteiger partial charge >= 0.3 is 5.97 Å². The van der Waals surface area contributed by atoms with Crippen LogP contribution in [-0.4, -0.2) is 39.9 Å². The topological polar surface area (TPSA) is 110 Å². The SMILES string of the molecule is COCc1cc(-c2nc(-c3cnc(NCC(=O)O)c(Cl)c3)no2)ccc1-c1ccccc1C. The van der Waals surface area contributed by atoms with Crippen LogP contribution in [0.1, 0.15) is 11.1 Å². The minimum Gasteiger partial charge on any atom is -0.480 e. The van der Waals surface area contributed by atoms with Crippen LogP contribution in [0.25, 0.3) is 34.0 Å². The summed E-state index contributed by atoms with van der Waals surface area (Å²) in [6.45, 7) is 2.22. The number of nitrogens with one attached hydrogen (secondary N) is 1. The van der Waals surface area contributed by atoms with Crippen molar-refractivity contribution in [3.63, 3.8) is 0 Å². The molecule has 2 heterocycles. The van der Waals surface area contributed by atoms with E-state index in [0.29, 0.717) is 23.9 Å². The molecular weight excluding hydrogens is 444 g/mol. The average Bonchev–Trinajstić information content (AvgIpc) is 3.29. The molecule has 2 aromatic heterocycles. The second kappa shape index (κ2) is 9.81. The first-order valence-corrected chi connectivity index (χ1v) is 10.5. The van der Waals surface area contributed by atoms with Crippen molar-refractivity contribution in [3.05, 3.63) is 70.9 Å². The van der Waals surface area contributed by atoms with Gasteiger partial charge in [-0.15, -0.1) is 0 Å². The third kappa shape index (κ3) is 5.02. The van der Waals surface area contributed by atoms with Crippen molar-refractivity contribution < 1.29 is 19.2 Å². The number of carboxylic acids is 1. The maximum atomic E-state index is 10.7. The van der Waals surface area contributed by atoms with E-state index in [1.165, 1.54) is 11.8 Å². The normalized spacial score (nSPS) is 10.9. The molecule has 9 heteroatoms. The monoisotopic (exact) mass is 464 g/mol. The Bertz CT molecular complexity index is 1310. The van der Waals surface area contributed by atoms with Gasteiger partial charge in [0.05, 0.1) is 11.6 Å². The first-order chi connectivity index (χ1) is 16.0. The molecule has 168 valence electrons. The van der Waals surface area contributed by atoms with E-state index in [1.807, 2.05) is 30.3 Å². The number of halogens is 1. The number of carboxylic acid groups (broad SMARTS) is 1. The summed E-state index contributed by atoms with van der Waals surface area (Å²) >= 11 is 6.21. The average molecular weight is 465 g/mol. The van der Waals surface area contributed by atoms with Crippen molar-refractivity contribution >= 4 is 23.4 Å². The Kier molecular flexibility index (Phi) is 6.67. The Balaban J connectivity index is 1.63. The zero-order valence-electron chi connectivity index (χ0n) is 18.0. The standard InChI is InChI=1S/C24H21ClN4O4/c1-14-5-3-4-6-18(14)19-8-7-15(9-17(19)13-32-2)24-28-22(29-33-24)16-10-20(25)23(26-11-16)27-12-21(30)31/h3-11H,12-13H2,1-2H3,(H,26,27)(H,30,31). The molecule has 2 aromatic carbocycles. The van der Waals surface area contributed by atoms with Gasteiger partial charge in [-0.1, -0.05) is 47.1 Å². The number of aliphatic carboxylic acids is 1. The smallest absolute Gasteiger partial charge is 0.322 e. The quantitative estimate of drug-likeness (QED) is 0.372. The van der Waals surface area contributed by atoms with E-state index < -0.39 is 5.97 Å². The minimum atomic E-state index is -1.01. The molecule has 0 fully saturated rings. The van der Waals surface area contributed by atoms with Crippen LogP contribution >= 0.6 is 11.6 Å². The lowest BCUT2D eigenvalue weighted by atomic mass is 9.94.